The number of carbonyl (C=O) groups is 17. The van der Waals surface area contributed by atoms with Gasteiger partial charge in [-0.1, -0.05) is 116 Å². The third kappa shape index (κ3) is 28.2. The molecule has 0 unspecified atom stereocenters. The van der Waals surface area contributed by atoms with Crippen LogP contribution in [-0.4, -0.2) is 294 Å². The third-order valence-electron chi connectivity index (χ3n) is 23.7. The summed E-state index contributed by atoms with van der Waals surface area (Å²) < 4.78 is 0. The number of rotatable bonds is 23. The Bertz CT molecular complexity index is 4880. The Kier molecular flexibility index (Phi) is 38.0. The highest BCUT2D eigenvalue weighted by atomic mass is 32.2. The number of nitrogens with zero attached hydrogens (tertiary/aromatic N) is 5. The van der Waals surface area contributed by atoms with Crippen LogP contribution in [0.1, 0.15) is 162 Å². The number of carbonyl (C=O) groups excluding carboxylic acids is 17. The standard InChI is InChI=1S/C90H130N20O19S/c1-13-15-26-69-81(121)99-62(36-49(3)4)79(119)103-68(77(117)96-45-74(93)114)47-130-48-75(115)97-65(38-52-29-31-55(111)32-30-52)84(124)106(10)51(7)76(116)101-67(42-73(92)113)86(126)109-35-21-28-70(109)83(123)105-90(8,9)89(129)104-64(37-50(5)6)87(127)110-46-56(112)41-72(110)82(122)100-63(39-53-43-94-59-24-19-17-22-57(53)59)80(120)98-61(33-34-91)78(118)102-66(40-54-44-95-60-25-20-18-23-58(54)60)85(125)108(12)71(27-16-14-2)88(128)107(69)11/h17-20,22-25,29-32,43-44,49-51,56,61-72,94-95,111-112H,13-16,21,26-28,33-42,45-48,91H2,1-12H3,(H2,92,113)(H2,93,114)(H,96,117)(H,97,115)(H,98,120)(H,99,121)(H,100,122)(H,101,116)(H,102,118)(H,103,119)(H,104,129)(H,105,123)/t51-,56+,61-,62-,63-,64-,65-,66-,67-,68-,69-,70-,71-,72-/m0/s1. The molecule has 3 aromatic carbocycles. The number of aromatic nitrogens is 2. The van der Waals surface area contributed by atoms with Crippen LogP contribution in [-0.2, 0) is 101 Å². The molecule has 3 saturated heterocycles. The number of aliphatic hydroxyl groups excluding tert-OH is 1. The molecule has 17 amide bonds. The van der Waals surface area contributed by atoms with Gasteiger partial charge in [0.15, 0.2) is 0 Å². The van der Waals surface area contributed by atoms with Crippen LogP contribution < -0.4 is 70.4 Å². The number of nitrogens with one attached hydrogen (secondary N) is 12. The Morgan fingerprint density at radius 3 is 1.66 bits per heavy atom. The Balaban J connectivity index is 1.19. The summed E-state index contributed by atoms with van der Waals surface area (Å²) in [6.07, 6.45) is 2.03. The topological polar surface area (TPSA) is 577 Å². The number of amides is 17. The molecule has 0 spiro atoms. The van der Waals surface area contributed by atoms with E-state index in [-0.39, 0.29) is 107 Å². The molecule has 0 bridgehead atoms. The molecule has 3 fully saturated rings. The number of phenols is 1. The van der Waals surface area contributed by atoms with Gasteiger partial charge in [-0.05, 0) is 125 Å². The lowest BCUT2D eigenvalue weighted by atomic mass is 9.98. The van der Waals surface area contributed by atoms with Crippen LogP contribution in [0.15, 0.2) is 85.2 Å². The lowest BCUT2D eigenvalue weighted by molar-refractivity contribution is -0.149. The smallest absolute Gasteiger partial charge is 0.246 e. The summed E-state index contributed by atoms with van der Waals surface area (Å²) in [5.74, 6) is -16.6. The van der Waals surface area contributed by atoms with E-state index in [0.29, 0.717) is 64.2 Å². The van der Waals surface area contributed by atoms with Crippen LogP contribution in [0.4, 0.5) is 0 Å². The Labute approximate surface area is 760 Å². The molecule has 3 aliphatic heterocycles. The van der Waals surface area contributed by atoms with E-state index in [1.165, 1.54) is 76.0 Å². The van der Waals surface area contributed by atoms with Crippen LogP contribution in [0.25, 0.3) is 21.8 Å². The highest BCUT2D eigenvalue weighted by Crippen LogP contribution is 2.29. The predicted molar refractivity (Wildman–Crippen MR) is 485 cm³/mol. The lowest BCUT2D eigenvalue weighted by Gasteiger charge is -2.36. The van der Waals surface area contributed by atoms with Crippen molar-refractivity contribution in [2.45, 2.75) is 255 Å². The molecule has 40 heteroatoms. The summed E-state index contributed by atoms with van der Waals surface area (Å²) in [6.45, 7) is 13.4. The van der Waals surface area contributed by atoms with Gasteiger partial charge >= 0.3 is 0 Å². The maximum atomic E-state index is 15.8. The van der Waals surface area contributed by atoms with Crippen molar-refractivity contribution >= 4 is 134 Å². The molecule has 3 aliphatic rings. The first-order valence-corrected chi connectivity index (χ1v) is 45.6. The number of hydrogen-bond acceptors (Lipinski definition) is 21. The van der Waals surface area contributed by atoms with Gasteiger partial charge in [0.2, 0.25) is 100 Å². The highest BCUT2D eigenvalue weighted by molar-refractivity contribution is 8.00. The second-order valence-electron chi connectivity index (χ2n) is 35.3. The number of aromatic amines is 2. The van der Waals surface area contributed by atoms with Crippen LogP contribution in [0.3, 0.4) is 0 Å². The van der Waals surface area contributed by atoms with Gasteiger partial charge in [0.25, 0.3) is 0 Å². The normalized spacial score (nSPS) is 25.2. The molecule has 20 N–H and O–H groups in total. The molecule has 2 aromatic heterocycles. The Hall–Kier alpha value is -12.2. The van der Waals surface area contributed by atoms with Gasteiger partial charge in [-0.2, -0.15) is 0 Å². The van der Waals surface area contributed by atoms with Crippen molar-refractivity contribution in [3.8, 4) is 5.75 Å². The van der Waals surface area contributed by atoms with Gasteiger partial charge in [0.05, 0.1) is 24.8 Å². The second kappa shape index (κ2) is 47.9. The molecule has 0 aliphatic carbocycles. The Morgan fingerprint density at radius 1 is 0.546 bits per heavy atom. The van der Waals surface area contributed by atoms with Gasteiger partial charge < -0.3 is 115 Å². The number of fused-ring (bicyclic) bond motifs is 4. The van der Waals surface area contributed by atoms with E-state index in [1.54, 1.807) is 76.5 Å². The van der Waals surface area contributed by atoms with Crippen molar-refractivity contribution in [1.29, 1.82) is 0 Å². The summed E-state index contributed by atoms with van der Waals surface area (Å²) in [5, 5.41) is 50.0. The van der Waals surface area contributed by atoms with Crippen molar-refractivity contribution in [1.82, 2.24) is 87.6 Å². The van der Waals surface area contributed by atoms with E-state index in [0.717, 1.165) is 26.5 Å². The van der Waals surface area contributed by atoms with E-state index in [9.17, 15) is 58.2 Å². The van der Waals surface area contributed by atoms with Gasteiger partial charge in [0, 0.05) is 99.9 Å². The van der Waals surface area contributed by atoms with Crippen LogP contribution >= 0.6 is 11.8 Å². The fourth-order valence-corrected chi connectivity index (χ4v) is 17.2. The molecular formula is C90H130N20O19S. The van der Waals surface area contributed by atoms with E-state index in [1.807, 2.05) is 26.0 Å². The summed E-state index contributed by atoms with van der Waals surface area (Å²) in [6, 6.07) is 0.885. The summed E-state index contributed by atoms with van der Waals surface area (Å²) in [5.41, 5.74) is 18.4. The number of para-hydroxylation sites is 2. The monoisotopic (exact) mass is 1830 g/mol. The number of thioether (sulfide) groups is 1. The molecule has 14 atom stereocenters. The highest BCUT2D eigenvalue weighted by Gasteiger charge is 2.48. The average molecular weight is 1830 g/mol. The number of aromatic hydroxyl groups is 1. The number of benzene rings is 3. The SMILES string of the molecule is CCCC[C@H]1C(=O)N(C)[C@@H](CCCC)C(=O)N[C@@H](CC(C)C)C(=O)N[C@H](C(=O)NCC(N)=O)CSCC(=O)N[C@@H](Cc2ccc(O)cc2)C(=O)N(C)[C@@H](C)C(=O)N[C@@H](CC(N)=O)C(=O)N2CCC[C@H]2C(=O)NC(C)(C)C(=O)N[C@@H](CC(C)C)C(=O)N2C[C@H](O)C[C@H]2C(=O)N[C@@H](Cc2c[nH]c3ccccc23)C(=O)N[C@@H](CCN)C(=O)N[C@@H](Cc2c[nH]c3ccccc23)C(=O)N1C. The van der Waals surface area contributed by atoms with Crippen molar-refractivity contribution in [2.75, 3.05) is 58.8 Å². The summed E-state index contributed by atoms with van der Waals surface area (Å²) in [4.78, 5) is 261. The molecule has 8 rings (SSSR count). The quantitative estimate of drug-likeness (QED) is 0.0398. The summed E-state index contributed by atoms with van der Waals surface area (Å²) >= 11 is 0.806. The molecule has 0 radical (unpaired) electrons. The fraction of sp³-hybridized carbons (Fsp3) is 0.567. The minimum absolute atomic E-state index is 0.0230. The van der Waals surface area contributed by atoms with Crippen molar-refractivity contribution in [3.63, 3.8) is 0 Å². The number of nitrogens with two attached hydrogens (primary N) is 3. The number of H-pyrrole nitrogens is 2. The van der Waals surface area contributed by atoms with Crippen molar-refractivity contribution < 1.29 is 91.7 Å². The fourth-order valence-electron chi connectivity index (χ4n) is 16.4. The molecule has 39 nitrogen and oxygen atoms in total. The first-order chi connectivity index (χ1) is 61.6. The van der Waals surface area contributed by atoms with Crippen molar-refractivity contribution in [3.05, 3.63) is 102 Å². The number of likely N-dealkylation sites (N-methyl/N-ethyl adjacent to an activating group) is 3. The first kappa shape index (κ1) is 103. The van der Waals surface area contributed by atoms with E-state index in [4.69, 9.17) is 17.2 Å². The largest absolute Gasteiger partial charge is 0.508 e. The predicted octanol–water partition coefficient (Wildman–Crippen LogP) is -0.345. The summed E-state index contributed by atoms with van der Waals surface area (Å²) in [7, 11) is 4.03. The number of primary amides is 2. The lowest BCUT2D eigenvalue weighted by Crippen LogP contribution is -2.63. The number of aliphatic hydroxyl groups is 1. The van der Waals surface area contributed by atoms with Crippen LogP contribution in [0.5, 0.6) is 5.75 Å². The maximum absolute atomic E-state index is 15.8. The minimum atomic E-state index is -1.88. The molecular weight excluding hydrogens is 1700 g/mol. The van der Waals surface area contributed by atoms with Gasteiger partial charge in [-0.3, -0.25) is 81.5 Å². The molecule has 5 aromatic rings. The zero-order chi connectivity index (χ0) is 95.7. The van der Waals surface area contributed by atoms with Crippen LogP contribution in [0.2, 0.25) is 0 Å². The van der Waals surface area contributed by atoms with Gasteiger partial charge in [-0.25, -0.2) is 0 Å². The zero-order valence-corrected chi connectivity index (χ0v) is 76.9. The zero-order valence-electron chi connectivity index (χ0n) is 76.1. The van der Waals surface area contributed by atoms with E-state index in [2.05, 4.69) is 63.1 Å². The number of phenolic OH excluding ortho intramolecular Hbond substituents is 1. The number of unbranched alkanes of at least 4 members (excludes halogenated alkanes) is 2. The molecule has 5 heterocycles. The van der Waals surface area contributed by atoms with Gasteiger partial charge in [-0.15, -0.1) is 11.8 Å². The Morgan fingerprint density at radius 2 is 1.07 bits per heavy atom. The maximum Gasteiger partial charge on any atom is 0.246 e. The average Bonchev–Trinajstić information content (AvgIpc) is 1.61. The third-order valence-corrected chi connectivity index (χ3v) is 24.7. The molecule has 710 valence electrons. The first-order valence-electron chi connectivity index (χ1n) is 44.4. The van der Waals surface area contributed by atoms with Crippen LogP contribution in [0, 0.1) is 11.8 Å². The number of hydrogen-bond donors (Lipinski definition) is 17. The second-order valence-corrected chi connectivity index (χ2v) is 36.3. The van der Waals surface area contributed by atoms with E-state index >= 15 is 33.6 Å². The molecule has 0 saturated carbocycles. The van der Waals surface area contributed by atoms with E-state index < -0.39 is 216 Å². The van der Waals surface area contributed by atoms with Gasteiger partial charge in [0.1, 0.15) is 89.8 Å². The minimum Gasteiger partial charge on any atom is -0.508 e. The molecule has 130 heavy (non-hydrogen) atoms. The van der Waals surface area contributed by atoms with Crippen molar-refractivity contribution in [2.24, 2.45) is 29.0 Å².